The predicted octanol–water partition coefficient (Wildman–Crippen LogP) is 5.55. The fourth-order valence-electron chi connectivity index (χ4n) is 4.33. The first kappa shape index (κ1) is 24.9. The smallest absolute Gasteiger partial charge is 0.278 e. The molecule has 1 saturated carbocycles. The number of nitro groups is 1. The van der Waals surface area contributed by atoms with Crippen LogP contribution in [0.15, 0.2) is 54.7 Å². The average molecular weight is 494 g/mol. The van der Waals surface area contributed by atoms with Crippen molar-refractivity contribution in [1.82, 2.24) is 10.3 Å². The van der Waals surface area contributed by atoms with Gasteiger partial charge in [0.05, 0.1) is 22.1 Å². The highest BCUT2D eigenvalue weighted by Gasteiger charge is 2.26. The zero-order valence-corrected chi connectivity index (χ0v) is 19.5. The number of nitrogens with one attached hydrogen (secondary N) is 2. The Morgan fingerprint density at radius 1 is 1.11 bits per heavy atom. The Morgan fingerprint density at radius 3 is 2.56 bits per heavy atom. The molecule has 2 aromatic carbocycles. The largest absolute Gasteiger partial charge is 0.345 e. The number of nitro benzene ring substituents is 1. The van der Waals surface area contributed by atoms with Crippen LogP contribution in [-0.4, -0.2) is 21.7 Å². The number of halogens is 2. The minimum absolute atomic E-state index is 0.0639. The molecule has 1 heterocycles. The molecule has 10 heteroatoms. The summed E-state index contributed by atoms with van der Waals surface area (Å²) in [4.78, 5) is 40.4. The molecule has 2 N–H and O–H groups in total. The van der Waals surface area contributed by atoms with Crippen LogP contribution >= 0.6 is 0 Å². The zero-order chi connectivity index (χ0) is 25.8. The maximum absolute atomic E-state index is 15.0. The van der Waals surface area contributed by atoms with Crippen LogP contribution in [0.2, 0.25) is 0 Å². The first-order valence-corrected chi connectivity index (χ1v) is 11.5. The molecule has 1 atom stereocenters. The predicted molar refractivity (Wildman–Crippen MR) is 129 cm³/mol. The molecule has 0 bridgehead atoms. The maximum Gasteiger partial charge on any atom is 0.278 e. The number of rotatable bonds is 7. The third-order valence-corrected chi connectivity index (χ3v) is 6.27. The molecule has 0 saturated heterocycles. The third-order valence-electron chi connectivity index (χ3n) is 6.27. The SMILES string of the molecule is C[C@@H](NC(=O)c1cc([N+](=O)[O-])c(-c2ccnc(NC(=O)C3CCCC3)c2)cc1F)c1cccc(F)c1. The number of amides is 2. The molecule has 8 nitrogen and oxygen atoms in total. The van der Waals surface area contributed by atoms with Crippen LogP contribution in [0.3, 0.4) is 0 Å². The molecule has 1 aromatic heterocycles. The first-order chi connectivity index (χ1) is 17.2. The van der Waals surface area contributed by atoms with E-state index in [0.29, 0.717) is 5.56 Å². The van der Waals surface area contributed by atoms with Gasteiger partial charge in [0.15, 0.2) is 0 Å². The molecule has 2 amide bonds. The second-order valence-electron chi connectivity index (χ2n) is 8.76. The molecule has 1 fully saturated rings. The van der Waals surface area contributed by atoms with Crippen molar-refractivity contribution in [2.24, 2.45) is 5.92 Å². The number of benzene rings is 2. The van der Waals surface area contributed by atoms with Gasteiger partial charge in [-0.25, -0.2) is 13.8 Å². The third kappa shape index (κ3) is 5.54. The molecule has 0 radical (unpaired) electrons. The van der Waals surface area contributed by atoms with Crippen molar-refractivity contribution >= 4 is 23.3 Å². The van der Waals surface area contributed by atoms with Crippen molar-refractivity contribution in [3.05, 3.63) is 87.6 Å². The average Bonchev–Trinajstić information content (AvgIpc) is 3.39. The maximum atomic E-state index is 15.0. The van der Waals surface area contributed by atoms with E-state index in [1.807, 2.05) is 0 Å². The summed E-state index contributed by atoms with van der Waals surface area (Å²) in [6.45, 7) is 1.59. The number of anilines is 1. The Kier molecular flexibility index (Phi) is 7.33. The lowest BCUT2D eigenvalue weighted by molar-refractivity contribution is -0.384. The summed E-state index contributed by atoms with van der Waals surface area (Å²) in [5.74, 6) is -2.40. The molecular formula is C26H24F2N4O4. The lowest BCUT2D eigenvalue weighted by Gasteiger charge is -2.15. The molecule has 0 aliphatic heterocycles. The van der Waals surface area contributed by atoms with E-state index in [9.17, 15) is 24.1 Å². The Labute approximate surface area is 205 Å². The van der Waals surface area contributed by atoms with E-state index in [1.54, 1.807) is 13.0 Å². The summed E-state index contributed by atoms with van der Waals surface area (Å²) in [6, 6.07) is 9.57. The monoisotopic (exact) mass is 494 g/mol. The van der Waals surface area contributed by atoms with Gasteiger partial charge in [0.2, 0.25) is 5.91 Å². The molecule has 186 valence electrons. The zero-order valence-electron chi connectivity index (χ0n) is 19.5. The molecule has 3 aromatic rings. The minimum atomic E-state index is -0.965. The summed E-state index contributed by atoms with van der Waals surface area (Å²) >= 11 is 0. The van der Waals surface area contributed by atoms with E-state index in [0.717, 1.165) is 37.8 Å². The van der Waals surface area contributed by atoms with E-state index in [-0.39, 0.29) is 28.8 Å². The van der Waals surface area contributed by atoms with E-state index in [1.165, 1.54) is 36.5 Å². The lowest BCUT2D eigenvalue weighted by Crippen LogP contribution is -2.27. The molecule has 0 spiro atoms. The normalized spacial score (nSPS) is 14.3. The highest BCUT2D eigenvalue weighted by atomic mass is 19.1. The van der Waals surface area contributed by atoms with Gasteiger partial charge in [-0.2, -0.15) is 0 Å². The highest BCUT2D eigenvalue weighted by Crippen LogP contribution is 2.34. The van der Waals surface area contributed by atoms with Gasteiger partial charge in [0, 0.05) is 18.2 Å². The molecule has 4 rings (SSSR count). The van der Waals surface area contributed by atoms with Crippen molar-refractivity contribution in [3.63, 3.8) is 0 Å². The van der Waals surface area contributed by atoms with Crippen LogP contribution in [0.4, 0.5) is 20.3 Å². The van der Waals surface area contributed by atoms with Crippen molar-refractivity contribution in [2.45, 2.75) is 38.6 Å². The summed E-state index contributed by atoms with van der Waals surface area (Å²) < 4.78 is 28.5. The molecule has 1 aliphatic carbocycles. The second kappa shape index (κ2) is 10.6. The van der Waals surface area contributed by atoms with Crippen molar-refractivity contribution < 1.29 is 23.3 Å². The van der Waals surface area contributed by atoms with Crippen LogP contribution in [0.1, 0.15) is 54.6 Å². The first-order valence-electron chi connectivity index (χ1n) is 11.5. The number of hydrogen-bond acceptors (Lipinski definition) is 5. The summed E-state index contributed by atoms with van der Waals surface area (Å²) in [5.41, 5.74) is -0.348. The van der Waals surface area contributed by atoms with Crippen LogP contribution in [0.5, 0.6) is 0 Å². The second-order valence-corrected chi connectivity index (χ2v) is 8.76. The Morgan fingerprint density at radius 2 is 1.86 bits per heavy atom. The van der Waals surface area contributed by atoms with Crippen molar-refractivity contribution in [3.8, 4) is 11.1 Å². The summed E-state index contributed by atoms with van der Waals surface area (Å²) in [5, 5.41) is 17.1. The van der Waals surface area contributed by atoms with Gasteiger partial charge in [-0.05, 0) is 61.2 Å². The van der Waals surface area contributed by atoms with Gasteiger partial charge >= 0.3 is 0 Å². The number of hydrogen-bond donors (Lipinski definition) is 2. The summed E-state index contributed by atoms with van der Waals surface area (Å²) in [6.07, 6.45) is 4.92. The van der Waals surface area contributed by atoms with Gasteiger partial charge in [-0.15, -0.1) is 0 Å². The fourth-order valence-corrected chi connectivity index (χ4v) is 4.33. The van der Waals surface area contributed by atoms with E-state index >= 15 is 4.39 Å². The van der Waals surface area contributed by atoms with Gasteiger partial charge in [0.25, 0.3) is 11.6 Å². The van der Waals surface area contributed by atoms with E-state index in [4.69, 9.17) is 0 Å². The standard InChI is InChI=1S/C26H24F2N4O4/c1-15(17-7-4-8-19(27)11-17)30-26(34)21-14-23(32(35)36)20(13-22(21)28)18-9-10-29-24(12-18)31-25(33)16-5-2-3-6-16/h4,7-16H,2-3,5-6H2,1H3,(H,30,34)(H,29,31,33)/t15-/m1/s1. The van der Waals surface area contributed by atoms with Crippen molar-refractivity contribution in [2.75, 3.05) is 5.32 Å². The molecule has 1 aliphatic rings. The number of pyridine rings is 1. The van der Waals surface area contributed by atoms with Gasteiger partial charge in [-0.1, -0.05) is 25.0 Å². The molecular weight excluding hydrogens is 470 g/mol. The Balaban J connectivity index is 1.60. The number of nitrogens with zero attached hydrogens (tertiary/aromatic N) is 2. The van der Waals surface area contributed by atoms with Gasteiger partial charge in [0.1, 0.15) is 17.5 Å². The van der Waals surface area contributed by atoms with Gasteiger partial charge in [-0.3, -0.25) is 19.7 Å². The van der Waals surface area contributed by atoms with Crippen LogP contribution in [-0.2, 0) is 4.79 Å². The Bertz CT molecular complexity index is 1330. The van der Waals surface area contributed by atoms with Crippen LogP contribution in [0, 0.1) is 27.7 Å². The van der Waals surface area contributed by atoms with Crippen LogP contribution < -0.4 is 10.6 Å². The number of carbonyl (C=O) groups is 2. The van der Waals surface area contributed by atoms with Gasteiger partial charge < -0.3 is 10.6 Å². The summed E-state index contributed by atoms with van der Waals surface area (Å²) in [7, 11) is 0. The topological polar surface area (TPSA) is 114 Å². The quantitative estimate of drug-likeness (QED) is 0.330. The fraction of sp³-hybridized carbons (Fsp3) is 0.269. The van der Waals surface area contributed by atoms with E-state index in [2.05, 4.69) is 15.6 Å². The van der Waals surface area contributed by atoms with Crippen LogP contribution in [0.25, 0.3) is 11.1 Å². The lowest BCUT2D eigenvalue weighted by atomic mass is 10.0. The molecule has 0 unspecified atom stereocenters. The minimum Gasteiger partial charge on any atom is -0.345 e. The number of carbonyl (C=O) groups excluding carboxylic acids is 2. The number of aromatic nitrogens is 1. The van der Waals surface area contributed by atoms with Crippen molar-refractivity contribution in [1.29, 1.82) is 0 Å². The van der Waals surface area contributed by atoms with E-state index < -0.39 is 39.8 Å². The highest BCUT2D eigenvalue weighted by molar-refractivity contribution is 5.97. The molecule has 36 heavy (non-hydrogen) atoms. The Hall–Kier alpha value is -4.21.